The van der Waals surface area contributed by atoms with Gasteiger partial charge in [-0.15, -0.1) is 0 Å². The molecule has 0 fully saturated rings. The Balaban J connectivity index is 2.21. The molecule has 0 spiro atoms. The number of methoxy groups -OCH3 is 1. The SMILES string of the molecule is COc1cc(C(C)OS(=O)(=O)c2ccc(C)cc2)ccn1. The fraction of sp³-hybridized carbons (Fsp3) is 0.267. The zero-order chi connectivity index (χ0) is 15.5. The lowest BCUT2D eigenvalue weighted by Gasteiger charge is -2.14. The minimum absolute atomic E-state index is 0.140. The third-order valence-electron chi connectivity index (χ3n) is 3.02. The minimum atomic E-state index is -3.81. The van der Waals surface area contributed by atoms with Gasteiger partial charge in [-0.2, -0.15) is 8.42 Å². The first-order chi connectivity index (χ1) is 9.92. The number of nitrogens with zero attached hydrogens (tertiary/aromatic N) is 1. The summed E-state index contributed by atoms with van der Waals surface area (Å²) in [5.74, 6) is 0.413. The van der Waals surface area contributed by atoms with Gasteiger partial charge in [0.15, 0.2) is 0 Å². The molecule has 1 atom stereocenters. The van der Waals surface area contributed by atoms with Crippen LogP contribution in [-0.4, -0.2) is 20.5 Å². The third-order valence-corrected chi connectivity index (χ3v) is 4.41. The normalized spacial score (nSPS) is 12.9. The fourth-order valence-corrected chi connectivity index (χ4v) is 2.87. The molecule has 2 aromatic rings. The Morgan fingerprint density at radius 1 is 1.14 bits per heavy atom. The molecule has 6 heteroatoms. The van der Waals surface area contributed by atoms with Crippen LogP contribution >= 0.6 is 0 Å². The molecule has 0 amide bonds. The van der Waals surface area contributed by atoms with Crippen molar-refractivity contribution in [3.8, 4) is 5.88 Å². The van der Waals surface area contributed by atoms with E-state index < -0.39 is 16.2 Å². The maximum atomic E-state index is 12.2. The maximum Gasteiger partial charge on any atom is 0.297 e. The summed E-state index contributed by atoms with van der Waals surface area (Å²) >= 11 is 0. The average Bonchev–Trinajstić information content (AvgIpc) is 2.47. The first-order valence-electron chi connectivity index (χ1n) is 6.42. The largest absolute Gasteiger partial charge is 0.481 e. The number of aryl methyl sites for hydroxylation is 1. The first kappa shape index (κ1) is 15.5. The van der Waals surface area contributed by atoms with E-state index in [0.29, 0.717) is 11.4 Å². The van der Waals surface area contributed by atoms with Crippen LogP contribution in [0.2, 0.25) is 0 Å². The minimum Gasteiger partial charge on any atom is -0.481 e. The van der Waals surface area contributed by atoms with Crippen molar-refractivity contribution in [2.24, 2.45) is 0 Å². The molecule has 21 heavy (non-hydrogen) atoms. The maximum absolute atomic E-state index is 12.2. The standard InChI is InChI=1S/C15H17NO4S/c1-11-4-6-14(7-5-11)21(17,18)20-12(2)13-8-9-16-15(10-13)19-3/h4-10,12H,1-3H3. The van der Waals surface area contributed by atoms with E-state index in [0.717, 1.165) is 5.56 Å². The highest BCUT2D eigenvalue weighted by atomic mass is 32.2. The third kappa shape index (κ3) is 3.80. The van der Waals surface area contributed by atoms with Crippen LogP contribution in [0.1, 0.15) is 24.2 Å². The number of hydrogen-bond acceptors (Lipinski definition) is 5. The molecule has 1 heterocycles. The molecule has 0 N–H and O–H groups in total. The Labute approximate surface area is 124 Å². The number of hydrogen-bond donors (Lipinski definition) is 0. The van der Waals surface area contributed by atoms with Gasteiger partial charge in [0.2, 0.25) is 5.88 Å². The average molecular weight is 307 g/mol. The molecular weight excluding hydrogens is 290 g/mol. The van der Waals surface area contributed by atoms with Crippen LogP contribution in [0.4, 0.5) is 0 Å². The number of benzene rings is 1. The van der Waals surface area contributed by atoms with E-state index in [-0.39, 0.29) is 4.90 Å². The Hall–Kier alpha value is -1.92. The zero-order valence-electron chi connectivity index (χ0n) is 12.1. The summed E-state index contributed by atoms with van der Waals surface area (Å²) in [4.78, 5) is 4.12. The van der Waals surface area contributed by atoms with Gasteiger partial charge >= 0.3 is 0 Å². The number of ether oxygens (including phenoxy) is 1. The van der Waals surface area contributed by atoms with Gasteiger partial charge < -0.3 is 4.74 Å². The van der Waals surface area contributed by atoms with Crippen molar-refractivity contribution in [3.63, 3.8) is 0 Å². The molecule has 0 saturated heterocycles. The fourth-order valence-electron chi connectivity index (χ4n) is 1.80. The molecule has 5 nitrogen and oxygen atoms in total. The van der Waals surface area contributed by atoms with Crippen molar-refractivity contribution in [2.75, 3.05) is 7.11 Å². The molecule has 2 rings (SSSR count). The van der Waals surface area contributed by atoms with Crippen LogP contribution in [0.3, 0.4) is 0 Å². The Kier molecular flexibility index (Phi) is 4.59. The van der Waals surface area contributed by atoms with Crippen molar-refractivity contribution in [2.45, 2.75) is 24.8 Å². The van der Waals surface area contributed by atoms with E-state index in [9.17, 15) is 8.42 Å². The van der Waals surface area contributed by atoms with Crippen LogP contribution in [0, 0.1) is 6.92 Å². The molecule has 1 unspecified atom stereocenters. The van der Waals surface area contributed by atoms with Gasteiger partial charge in [0.05, 0.1) is 18.1 Å². The summed E-state index contributed by atoms with van der Waals surface area (Å²) in [6.45, 7) is 3.56. The predicted molar refractivity (Wildman–Crippen MR) is 78.7 cm³/mol. The smallest absolute Gasteiger partial charge is 0.297 e. The number of pyridine rings is 1. The second kappa shape index (κ2) is 6.24. The molecule has 112 valence electrons. The number of aromatic nitrogens is 1. The van der Waals surface area contributed by atoms with Gasteiger partial charge in [-0.3, -0.25) is 4.18 Å². The molecular formula is C15H17NO4S. The molecule has 1 aromatic heterocycles. The molecule has 0 aliphatic carbocycles. The highest BCUT2D eigenvalue weighted by Crippen LogP contribution is 2.25. The van der Waals surface area contributed by atoms with E-state index in [1.807, 2.05) is 6.92 Å². The summed E-state index contributed by atoms with van der Waals surface area (Å²) < 4.78 is 34.7. The van der Waals surface area contributed by atoms with Crippen molar-refractivity contribution in [1.29, 1.82) is 0 Å². The Morgan fingerprint density at radius 2 is 1.81 bits per heavy atom. The predicted octanol–water partition coefficient (Wildman–Crippen LogP) is 2.87. The monoisotopic (exact) mass is 307 g/mol. The Morgan fingerprint density at radius 3 is 2.43 bits per heavy atom. The lowest BCUT2D eigenvalue weighted by Crippen LogP contribution is -2.10. The Bertz CT molecular complexity index is 711. The van der Waals surface area contributed by atoms with E-state index >= 15 is 0 Å². The molecule has 0 saturated carbocycles. The van der Waals surface area contributed by atoms with E-state index in [1.54, 1.807) is 37.4 Å². The summed E-state index contributed by atoms with van der Waals surface area (Å²) in [7, 11) is -2.30. The van der Waals surface area contributed by atoms with Gasteiger partial charge in [-0.05, 0) is 37.6 Å². The van der Waals surface area contributed by atoms with Crippen LogP contribution < -0.4 is 4.74 Å². The van der Waals surface area contributed by atoms with Gasteiger partial charge in [-0.25, -0.2) is 4.98 Å². The highest BCUT2D eigenvalue weighted by Gasteiger charge is 2.20. The van der Waals surface area contributed by atoms with Crippen molar-refractivity contribution >= 4 is 10.1 Å². The number of rotatable bonds is 5. The molecule has 0 bridgehead atoms. The second-order valence-corrected chi connectivity index (χ2v) is 6.21. The van der Waals surface area contributed by atoms with E-state index in [1.165, 1.54) is 19.2 Å². The summed E-state index contributed by atoms with van der Waals surface area (Å²) in [5.41, 5.74) is 1.67. The lowest BCUT2D eigenvalue weighted by atomic mass is 10.2. The van der Waals surface area contributed by atoms with Gasteiger partial charge in [-0.1, -0.05) is 17.7 Å². The van der Waals surface area contributed by atoms with Crippen LogP contribution in [0.5, 0.6) is 5.88 Å². The summed E-state index contributed by atoms with van der Waals surface area (Å²) in [6.07, 6.45) is 0.917. The highest BCUT2D eigenvalue weighted by molar-refractivity contribution is 7.86. The van der Waals surface area contributed by atoms with Crippen LogP contribution in [-0.2, 0) is 14.3 Å². The topological polar surface area (TPSA) is 65.5 Å². The summed E-state index contributed by atoms with van der Waals surface area (Å²) in [6, 6.07) is 9.87. The van der Waals surface area contributed by atoms with Gasteiger partial charge in [0.1, 0.15) is 0 Å². The molecule has 0 radical (unpaired) electrons. The van der Waals surface area contributed by atoms with Gasteiger partial charge in [0.25, 0.3) is 10.1 Å². The molecule has 0 aliphatic heterocycles. The quantitative estimate of drug-likeness (QED) is 0.795. The first-order valence-corrected chi connectivity index (χ1v) is 7.83. The van der Waals surface area contributed by atoms with Crippen LogP contribution in [0.15, 0.2) is 47.5 Å². The lowest BCUT2D eigenvalue weighted by molar-refractivity contribution is 0.233. The zero-order valence-corrected chi connectivity index (χ0v) is 12.9. The van der Waals surface area contributed by atoms with E-state index in [2.05, 4.69) is 4.98 Å². The second-order valence-electron chi connectivity index (χ2n) is 4.64. The van der Waals surface area contributed by atoms with E-state index in [4.69, 9.17) is 8.92 Å². The molecule has 1 aromatic carbocycles. The van der Waals surface area contributed by atoms with Crippen molar-refractivity contribution < 1.29 is 17.3 Å². The summed E-state index contributed by atoms with van der Waals surface area (Å²) in [5, 5.41) is 0. The molecule has 0 aliphatic rings. The van der Waals surface area contributed by atoms with Crippen molar-refractivity contribution in [3.05, 3.63) is 53.7 Å². The van der Waals surface area contributed by atoms with Crippen molar-refractivity contribution in [1.82, 2.24) is 4.98 Å². The van der Waals surface area contributed by atoms with Gasteiger partial charge in [0, 0.05) is 12.3 Å². The van der Waals surface area contributed by atoms with Crippen LogP contribution in [0.25, 0.3) is 0 Å².